The quantitative estimate of drug-likeness (QED) is 0.762. The molecule has 0 fully saturated rings. The van der Waals surface area contributed by atoms with Crippen molar-refractivity contribution >= 4 is 11.6 Å². The van der Waals surface area contributed by atoms with E-state index in [1.54, 1.807) is 0 Å². The Kier molecular flexibility index (Phi) is 2.68. The van der Waals surface area contributed by atoms with Crippen LogP contribution in [0, 0.1) is 6.92 Å². The van der Waals surface area contributed by atoms with Gasteiger partial charge in [-0.1, -0.05) is 36.4 Å². The molecule has 0 saturated carbocycles. The van der Waals surface area contributed by atoms with Crippen LogP contribution in [0.15, 0.2) is 48.5 Å². The largest absolute Gasteiger partial charge is 0.349 e. The van der Waals surface area contributed by atoms with Crippen molar-refractivity contribution < 1.29 is 0 Å². The Morgan fingerprint density at radius 1 is 1.06 bits per heavy atom. The second kappa shape index (κ2) is 4.49. The lowest BCUT2D eigenvalue weighted by Crippen LogP contribution is -2.01. The molecule has 3 rings (SSSR count). The van der Waals surface area contributed by atoms with E-state index in [2.05, 4.69) is 27.5 Å². The number of aromatic nitrogens is 3. The molecule has 4 heteroatoms. The van der Waals surface area contributed by atoms with Crippen LogP contribution in [0.5, 0.6) is 0 Å². The van der Waals surface area contributed by atoms with E-state index in [0.717, 1.165) is 17.9 Å². The van der Waals surface area contributed by atoms with Crippen LogP contribution in [-0.2, 0) is 6.54 Å². The molecule has 0 amide bonds. The van der Waals surface area contributed by atoms with Crippen LogP contribution in [0.2, 0.25) is 0 Å². The van der Waals surface area contributed by atoms with Crippen LogP contribution in [0.1, 0.15) is 11.3 Å². The maximum atomic E-state index is 4.43. The third kappa shape index (κ3) is 2.05. The van der Waals surface area contributed by atoms with Crippen molar-refractivity contribution in [3.05, 3.63) is 59.8 Å². The van der Waals surface area contributed by atoms with Gasteiger partial charge in [-0.25, -0.2) is 4.52 Å². The number of hydrogen-bond donors (Lipinski definition) is 1. The Balaban J connectivity index is 1.81. The third-order valence-electron chi connectivity index (χ3n) is 2.84. The predicted molar refractivity (Wildman–Crippen MR) is 71.5 cm³/mol. The van der Waals surface area contributed by atoms with Crippen molar-refractivity contribution in [1.29, 1.82) is 0 Å². The summed E-state index contributed by atoms with van der Waals surface area (Å²) >= 11 is 0. The minimum Gasteiger partial charge on any atom is -0.349 e. The molecule has 0 aliphatic heterocycles. The number of nitrogens with zero attached hydrogens (tertiary/aromatic N) is 3. The molecule has 1 aromatic carbocycles. The van der Waals surface area contributed by atoms with Gasteiger partial charge in [0.2, 0.25) is 5.95 Å². The lowest BCUT2D eigenvalue weighted by atomic mass is 10.2. The van der Waals surface area contributed by atoms with Gasteiger partial charge in [-0.05, 0) is 24.6 Å². The Hall–Kier alpha value is -2.36. The lowest BCUT2D eigenvalue weighted by Gasteiger charge is -2.00. The fourth-order valence-electron chi connectivity index (χ4n) is 1.89. The zero-order valence-electron chi connectivity index (χ0n) is 10.2. The minimum atomic E-state index is 0.660. The maximum absolute atomic E-state index is 4.43. The minimum absolute atomic E-state index is 0.660. The van der Waals surface area contributed by atoms with E-state index >= 15 is 0 Å². The van der Waals surface area contributed by atoms with Crippen molar-refractivity contribution in [3.63, 3.8) is 0 Å². The van der Waals surface area contributed by atoms with Crippen LogP contribution in [-0.4, -0.2) is 14.6 Å². The van der Waals surface area contributed by atoms with E-state index in [1.807, 2.05) is 47.8 Å². The summed E-state index contributed by atoms with van der Waals surface area (Å²) in [4.78, 5) is 4.43. The van der Waals surface area contributed by atoms with Crippen LogP contribution in [0.25, 0.3) is 5.65 Å². The molecular weight excluding hydrogens is 224 g/mol. The number of fused-ring (bicyclic) bond motifs is 1. The van der Waals surface area contributed by atoms with Gasteiger partial charge >= 0.3 is 0 Å². The van der Waals surface area contributed by atoms with Gasteiger partial charge in [0.1, 0.15) is 0 Å². The molecule has 0 unspecified atom stereocenters. The number of pyridine rings is 1. The highest BCUT2D eigenvalue weighted by atomic mass is 15.3. The molecule has 0 atom stereocenters. The summed E-state index contributed by atoms with van der Waals surface area (Å²) in [7, 11) is 0. The summed E-state index contributed by atoms with van der Waals surface area (Å²) in [6.45, 7) is 2.75. The van der Waals surface area contributed by atoms with E-state index in [1.165, 1.54) is 5.56 Å². The molecule has 2 heterocycles. The molecule has 90 valence electrons. The predicted octanol–water partition coefficient (Wildman–Crippen LogP) is 2.65. The first-order valence-corrected chi connectivity index (χ1v) is 5.93. The molecule has 0 spiro atoms. The van der Waals surface area contributed by atoms with Crippen molar-refractivity contribution in [2.24, 2.45) is 0 Å². The van der Waals surface area contributed by atoms with Gasteiger partial charge < -0.3 is 5.32 Å². The molecule has 3 aromatic rings. The van der Waals surface area contributed by atoms with Crippen LogP contribution < -0.4 is 5.32 Å². The lowest BCUT2D eigenvalue weighted by molar-refractivity contribution is 0.909. The number of rotatable bonds is 3. The molecule has 0 aliphatic rings. The standard InChI is InChI=1S/C14H14N4/c1-11-6-5-9-13-16-14(17-18(11)13)15-10-12-7-3-2-4-8-12/h2-9H,10H2,1H3,(H,15,17). The number of benzene rings is 1. The zero-order chi connectivity index (χ0) is 12.4. The Bertz CT molecular complexity index is 658. The van der Waals surface area contributed by atoms with E-state index in [-0.39, 0.29) is 0 Å². The number of anilines is 1. The van der Waals surface area contributed by atoms with Crippen molar-refractivity contribution in [1.82, 2.24) is 14.6 Å². The molecule has 4 nitrogen and oxygen atoms in total. The first-order chi connectivity index (χ1) is 8.83. The van der Waals surface area contributed by atoms with Crippen molar-refractivity contribution in [3.8, 4) is 0 Å². The summed E-state index contributed by atoms with van der Waals surface area (Å²) in [5.41, 5.74) is 3.16. The highest BCUT2D eigenvalue weighted by Crippen LogP contribution is 2.09. The van der Waals surface area contributed by atoms with Gasteiger partial charge in [-0.2, -0.15) is 4.98 Å². The molecule has 1 N–H and O–H groups in total. The molecular formula is C14H14N4. The Morgan fingerprint density at radius 3 is 2.67 bits per heavy atom. The first kappa shape index (κ1) is 10.8. The Morgan fingerprint density at radius 2 is 1.89 bits per heavy atom. The Labute approximate surface area is 105 Å². The monoisotopic (exact) mass is 238 g/mol. The zero-order valence-corrected chi connectivity index (χ0v) is 10.2. The van der Waals surface area contributed by atoms with Gasteiger partial charge in [0, 0.05) is 12.2 Å². The van der Waals surface area contributed by atoms with Gasteiger partial charge in [-0.15, -0.1) is 5.10 Å². The van der Waals surface area contributed by atoms with Gasteiger partial charge in [0.25, 0.3) is 0 Å². The summed E-state index contributed by atoms with van der Waals surface area (Å²) in [5.74, 6) is 0.660. The number of nitrogens with one attached hydrogen (secondary N) is 1. The summed E-state index contributed by atoms with van der Waals surface area (Å²) in [5, 5.41) is 7.66. The van der Waals surface area contributed by atoms with E-state index < -0.39 is 0 Å². The molecule has 0 aliphatic carbocycles. The molecule has 2 aromatic heterocycles. The summed E-state index contributed by atoms with van der Waals surface area (Å²) < 4.78 is 1.84. The van der Waals surface area contributed by atoms with E-state index in [4.69, 9.17) is 0 Å². The van der Waals surface area contributed by atoms with Gasteiger partial charge in [0.15, 0.2) is 5.65 Å². The van der Waals surface area contributed by atoms with E-state index in [0.29, 0.717) is 5.95 Å². The average Bonchev–Trinajstić information content (AvgIpc) is 2.82. The van der Waals surface area contributed by atoms with Crippen LogP contribution in [0.3, 0.4) is 0 Å². The highest BCUT2D eigenvalue weighted by molar-refractivity contribution is 5.44. The smallest absolute Gasteiger partial charge is 0.243 e. The van der Waals surface area contributed by atoms with E-state index in [9.17, 15) is 0 Å². The second-order valence-corrected chi connectivity index (χ2v) is 4.21. The SMILES string of the molecule is Cc1cccc2nc(NCc3ccccc3)nn12. The third-order valence-corrected chi connectivity index (χ3v) is 2.84. The second-order valence-electron chi connectivity index (χ2n) is 4.21. The van der Waals surface area contributed by atoms with Crippen molar-refractivity contribution in [2.45, 2.75) is 13.5 Å². The highest BCUT2D eigenvalue weighted by Gasteiger charge is 2.03. The van der Waals surface area contributed by atoms with Crippen LogP contribution in [0.4, 0.5) is 5.95 Å². The number of hydrogen-bond acceptors (Lipinski definition) is 3. The van der Waals surface area contributed by atoms with Crippen LogP contribution >= 0.6 is 0 Å². The fourth-order valence-corrected chi connectivity index (χ4v) is 1.89. The van der Waals surface area contributed by atoms with Gasteiger partial charge in [-0.3, -0.25) is 0 Å². The summed E-state index contributed by atoms with van der Waals surface area (Å²) in [6, 6.07) is 16.2. The molecule has 0 saturated heterocycles. The normalized spacial score (nSPS) is 10.7. The molecule has 0 bridgehead atoms. The maximum Gasteiger partial charge on any atom is 0.243 e. The average molecular weight is 238 g/mol. The van der Waals surface area contributed by atoms with Gasteiger partial charge in [0.05, 0.1) is 0 Å². The number of aryl methyl sites for hydroxylation is 1. The topological polar surface area (TPSA) is 42.2 Å². The molecule has 18 heavy (non-hydrogen) atoms. The van der Waals surface area contributed by atoms with Crippen molar-refractivity contribution in [2.75, 3.05) is 5.32 Å². The summed E-state index contributed by atoms with van der Waals surface area (Å²) in [6.07, 6.45) is 0. The fraction of sp³-hybridized carbons (Fsp3) is 0.143. The molecule has 0 radical (unpaired) electrons. The first-order valence-electron chi connectivity index (χ1n) is 5.93.